The fourth-order valence-corrected chi connectivity index (χ4v) is 4.96. The molecular weight excluding hydrogens is 543 g/mol. The number of nitrogens with one attached hydrogen (secondary N) is 1. The zero-order valence-electron chi connectivity index (χ0n) is 19.1. The van der Waals surface area contributed by atoms with Crippen molar-refractivity contribution in [3.63, 3.8) is 0 Å². The predicted molar refractivity (Wildman–Crippen MR) is 144 cm³/mol. The maximum Gasteiger partial charge on any atom is 0.257 e. The highest BCUT2D eigenvalue weighted by Crippen LogP contribution is 2.35. The molecule has 180 valence electrons. The lowest BCUT2D eigenvalue weighted by Crippen LogP contribution is -2.11. The van der Waals surface area contributed by atoms with Gasteiger partial charge < -0.3 is 9.47 Å². The summed E-state index contributed by atoms with van der Waals surface area (Å²) < 4.78 is 26.2. The van der Waals surface area contributed by atoms with Crippen LogP contribution in [0.1, 0.15) is 26.9 Å². The van der Waals surface area contributed by atoms with Crippen molar-refractivity contribution in [2.24, 2.45) is 0 Å². The van der Waals surface area contributed by atoms with Gasteiger partial charge in [-0.1, -0.05) is 51.5 Å². The van der Waals surface area contributed by atoms with Gasteiger partial charge in [-0.3, -0.25) is 10.1 Å². The summed E-state index contributed by atoms with van der Waals surface area (Å²) in [5, 5.41) is 5.38. The summed E-state index contributed by atoms with van der Waals surface area (Å²) in [5.41, 5.74) is 1.26. The van der Waals surface area contributed by atoms with Crippen LogP contribution < -0.4 is 14.8 Å². The Bertz CT molecular complexity index is 1520. The molecule has 4 aromatic carbocycles. The summed E-state index contributed by atoms with van der Waals surface area (Å²) >= 11 is 4.80. The van der Waals surface area contributed by atoms with Gasteiger partial charge in [0.05, 0.1) is 12.0 Å². The Kier molecular flexibility index (Phi) is 6.97. The van der Waals surface area contributed by atoms with Gasteiger partial charge in [0.1, 0.15) is 17.3 Å². The van der Waals surface area contributed by atoms with E-state index in [1.165, 1.54) is 23.5 Å². The number of rotatable bonds is 7. The number of benzene rings is 4. The molecule has 36 heavy (non-hydrogen) atoms. The molecule has 0 saturated heterocycles. The Labute approximate surface area is 219 Å². The highest BCUT2D eigenvalue weighted by atomic mass is 79.9. The summed E-state index contributed by atoms with van der Waals surface area (Å²) in [6, 6.07) is 24.9. The topological polar surface area (TPSA) is 60.5 Å². The third-order valence-corrected chi connectivity index (χ3v) is 7.00. The molecule has 1 N–H and O–H groups in total. The van der Waals surface area contributed by atoms with E-state index in [4.69, 9.17) is 9.47 Å². The fourth-order valence-electron chi connectivity index (χ4n) is 3.71. The first-order chi connectivity index (χ1) is 17.5. The molecule has 0 bridgehead atoms. The molecule has 5 rings (SSSR count). The SMILES string of the molecule is COc1ccc(C(=O)Nc2ncc(C(Oc3ccc4cc(Br)ccc4c3)c3ccc(F)cc3)s2)cc1. The van der Waals surface area contributed by atoms with E-state index >= 15 is 0 Å². The number of hydrogen-bond donors (Lipinski definition) is 1. The molecule has 0 saturated carbocycles. The van der Waals surface area contributed by atoms with Crippen molar-refractivity contribution in [1.29, 1.82) is 0 Å². The second-order valence-corrected chi connectivity index (χ2v) is 9.93. The summed E-state index contributed by atoms with van der Waals surface area (Å²) in [4.78, 5) is 17.8. The van der Waals surface area contributed by atoms with Crippen LogP contribution >= 0.6 is 27.3 Å². The number of ether oxygens (including phenoxy) is 2. The molecule has 1 amide bonds. The molecule has 0 radical (unpaired) electrons. The Morgan fingerprint density at radius 2 is 1.64 bits per heavy atom. The Morgan fingerprint density at radius 3 is 2.39 bits per heavy atom. The number of fused-ring (bicyclic) bond motifs is 1. The number of methoxy groups -OCH3 is 1. The predicted octanol–water partition coefficient (Wildman–Crippen LogP) is 7.63. The van der Waals surface area contributed by atoms with E-state index in [1.807, 2.05) is 36.4 Å². The number of thiazole rings is 1. The van der Waals surface area contributed by atoms with E-state index in [0.29, 0.717) is 22.2 Å². The van der Waals surface area contributed by atoms with Crippen LogP contribution in [0.2, 0.25) is 0 Å². The molecule has 0 aliphatic heterocycles. The zero-order chi connectivity index (χ0) is 25.1. The van der Waals surface area contributed by atoms with Crippen molar-refractivity contribution in [3.05, 3.63) is 117 Å². The Hall–Kier alpha value is -3.75. The van der Waals surface area contributed by atoms with Crippen LogP contribution in [0.25, 0.3) is 10.8 Å². The van der Waals surface area contributed by atoms with Crippen LogP contribution in [-0.2, 0) is 0 Å². The van der Waals surface area contributed by atoms with Gasteiger partial charge in [-0.15, -0.1) is 0 Å². The second kappa shape index (κ2) is 10.5. The van der Waals surface area contributed by atoms with Gasteiger partial charge in [-0.05, 0) is 77.0 Å². The van der Waals surface area contributed by atoms with Gasteiger partial charge in [0.15, 0.2) is 11.2 Å². The zero-order valence-corrected chi connectivity index (χ0v) is 21.5. The van der Waals surface area contributed by atoms with Gasteiger partial charge in [0, 0.05) is 16.2 Å². The van der Waals surface area contributed by atoms with Crippen LogP contribution in [-0.4, -0.2) is 18.0 Å². The maximum atomic E-state index is 13.6. The second-order valence-electron chi connectivity index (χ2n) is 7.95. The average Bonchev–Trinajstić information content (AvgIpc) is 3.36. The van der Waals surface area contributed by atoms with Crippen molar-refractivity contribution in [3.8, 4) is 11.5 Å². The number of hydrogen-bond acceptors (Lipinski definition) is 5. The average molecular weight is 563 g/mol. The molecule has 1 unspecified atom stereocenters. The lowest BCUT2D eigenvalue weighted by Gasteiger charge is -2.18. The van der Waals surface area contributed by atoms with Crippen LogP contribution in [0, 0.1) is 5.82 Å². The molecule has 0 aliphatic rings. The van der Waals surface area contributed by atoms with Gasteiger partial charge in [0.2, 0.25) is 0 Å². The van der Waals surface area contributed by atoms with Crippen LogP contribution in [0.4, 0.5) is 9.52 Å². The minimum absolute atomic E-state index is 0.279. The quantitative estimate of drug-likeness (QED) is 0.221. The summed E-state index contributed by atoms with van der Waals surface area (Å²) in [6.45, 7) is 0. The van der Waals surface area contributed by atoms with Gasteiger partial charge >= 0.3 is 0 Å². The smallest absolute Gasteiger partial charge is 0.257 e. The van der Waals surface area contributed by atoms with E-state index in [1.54, 1.807) is 49.7 Å². The molecule has 0 spiro atoms. The van der Waals surface area contributed by atoms with E-state index < -0.39 is 6.10 Å². The van der Waals surface area contributed by atoms with Crippen LogP contribution in [0.15, 0.2) is 95.6 Å². The van der Waals surface area contributed by atoms with E-state index in [0.717, 1.165) is 25.7 Å². The number of carbonyl (C=O) groups excluding carboxylic acids is 1. The van der Waals surface area contributed by atoms with Crippen LogP contribution in [0.3, 0.4) is 0 Å². The van der Waals surface area contributed by atoms with Crippen molar-refractivity contribution in [2.75, 3.05) is 12.4 Å². The first-order valence-electron chi connectivity index (χ1n) is 11.0. The molecule has 1 atom stereocenters. The molecule has 5 nitrogen and oxygen atoms in total. The van der Waals surface area contributed by atoms with E-state index in [9.17, 15) is 9.18 Å². The van der Waals surface area contributed by atoms with Crippen LogP contribution in [0.5, 0.6) is 11.5 Å². The first-order valence-corrected chi connectivity index (χ1v) is 12.6. The normalized spacial score (nSPS) is 11.8. The number of halogens is 2. The first kappa shape index (κ1) is 24.0. The van der Waals surface area contributed by atoms with Crippen molar-refractivity contribution >= 4 is 49.1 Å². The number of anilines is 1. The van der Waals surface area contributed by atoms with Gasteiger partial charge in [0.25, 0.3) is 5.91 Å². The minimum atomic E-state index is -0.539. The van der Waals surface area contributed by atoms with E-state index in [2.05, 4.69) is 26.2 Å². The Morgan fingerprint density at radius 1 is 0.944 bits per heavy atom. The summed E-state index contributed by atoms with van der Waals surface area (Å²) in [5.74, 6) is 0.726. The van der Waals surface area contributed by atoms with Gasteiger partial charge in [-0.2, -0.15) is 0 Å². The number of nitrogens with zero attached hydrogens (tertiary/aromatic N) is 1. The summed E-state index contributed by atoms with van der Waals surface area (Å²) in [7, 11) is 1.57. The molecule has 0 fully saturated rings. The van der Waals surface area contributed by atoms with Crippen molar-refractivity contribution in [1.82, 2.24) is 4.98 Å². The molecule has 0 aliphatic carbocycles. The van der Waals surface area contributed by atoms with Gasteiger partial charge in [-0.25, -0.2) is 9.37 Å². The van der Waals surface area contributed by atoms with Crippen molar-refractivity contribution < 1.29 is 18.7 Å². The molecular formula is C28H20BrFN2O3S. The fraction of sp³-hybridized carbons (Fsp3) is 0.0714. The third-order valence-electron chi connectivity index (χ3n) is 5.56. The highest BCUT2D eigenvalue weighted by Gasteiger charge is 2.21. The lowest BCUT2D eigenvalue weighted by atomic mass is 10.1. The highest BCUT2D eigenvalue weighted by molar-refractivity contribution is 9.10. The molecule has 1 heterocycles. The third kappa shape index (κ3) is 5.40. The number of carbonyl (C=O) groups is 1. The molecule has 8 heteroatoms. The number of aromatic nitrogens is 1. The lowest BCUT2D eigenvalue weighted by molar-refractivity contribution is 0.102. The maximum absolute atomic E-state index is 13.6. The summed E-state index contributed by atoms with van der Waals surface area (Å²) in [6.07, 6.45) is 1.13. The number of amides is 1. The standard InChI is InChI=1S/C28H20BrFN2O3S/c1-34-23-11-5-18(6-12-23)27(33)32-28-31-16-25(36-28)26(17-3-9-22(30)10-4-17)35-24-13-7-19-14-21(29)8-2-20(19)15-24/h2-16,26H,1H3,(H,31,32,33). The minimum Gasteiger partial charge on any atom is -0.497 e. The monoisotopic (exact) mass is 562 g/mol. The van der Waals surface area contributed by atoms with Crippen molar-refractivity contribution in [2.45, 2.75) is 6.10 Å². The largest absolute Gasteiger partial charge is 0.497 e. The van der Waals surface area contributed by atoms with E-state index in [-0.39, 0.29) is 11.7 Å². The Balaban J connectivity index is 1.41. The molecule has 5 aromatic rings. The molecule has 1 aromatic heterocycles.